The van der Waals surface area contributed by atoms with E-state index in [1.165, 1.54) is 30.0 Å². The molecule has 0 bridgehead atoms. The molecule has 0 radical (unpaired) electrons. The molecule has 2 N–H and O–H groups in total. The maximum atomic E-state index is 13.1. The Morgan fingerprint density at radius 2 is 2.00 bits per heavy atom. The van der Waals surface area contributed by atoms with Crippen molar-refractivity contribution in [2.45, 2.75) is 16.6 Å². The van der Waals surface area contributed by atoms with Crippen molar-refractivity contribution in [1.82, 2.24) is 0 Å². The van der Waals surface area contributed by atoms with Crippen molar-refractivity contribution < 1.29 is 23.5 Å². The van der Waals surface area contributed by atoms with Gasteiger partial charge in [0.05, 0.1) is 17.4 Å². The summed E-state index contributed by atoms with van der Waals surface area (Å²) < 4.78 is 18.0. The number of rotatable bonds is 5. The Labute approximate surface area is 153 Å². The zero-order chi connectivity index (χ0) is 18.5. The summed E-state index contributed by atoms with van der Waals surface area (Å²) in [6.07, 6.45) is -0.155. The maximum Gasteiger partial charge on any atom is 0.307 e. The van der Waals surface area contributed by atoms with E-state index in [4.69, 9.17) is 4.74 Å². The van der Waals surface area contributed by atoms with Crippen LogP contribution in [0.3, 0.4) is 0 Å². The molecule has 26 heavy (non-hydrogen) atoms. The first kappa shape index (κ1) is 17.9. The van der Waals surface area contributed by atoms with E-state index in [0.29, 0.717) is 5.69 Å². The van der Waals surface area contributed by atoms with Gasteiger partial charge in [-0.1, -0.05) is 18.2 Å². The molecule has 134 valence electrons. The number of thioether (sulfide) groups is 1. The summed E-state index contributed by atoms with van der Waals surface area (Å²) in [6.45, 7) is -0.509. The SMILES string of the molecule is O=C(COC(=O)C[C@@H]1Sc2ccccc2NC1=O)Nc1cccc(F)c1. The van der Waals surface area contributed by atoms with E-state index in [-0.39, 0.29) is 18.0 Å². The average Bonchev–Trinajstić information content (AvgIpc) is 2.61. The van der Waals surface area contributed by atoms with Gasteiger partial charge in [-0.2, -0.15) is 0 Å². The highest BCUT2D eigenvalue weighted by Gasteiger charge is 2.29. The molecular weight excluding hydrogens is 359 g/mol. The molecule has 0 fully saturated rings. The second-order valence-electron chi connectivity index (χ2n) is 5.52. The molecule has 0 aliphatic carbocycles. The molecule has 1 heterocycles. The topological polar surface area (TPSA) is 84.5 Å². The minimum Gasteiger partial charge on any atom is -0.456 e. The quantitative estimate of drug-likeness (QED) is 0.786. The summed E-state index contributed by atoms with van der Waals surface area (Å²) >= 11 is 1.28. The molecule has 3 rings (SSSR count). The van der Waals surface area contributed by atoms with E-state index < -0.39 is 29.6 Å². The fourth-order valence-corrected chi connectivity index (χ4v) is 3.44. The molecule has 8 heteroatoms. The van der Waals surface area contributed by atoms with Crippen LogP contribution in [-0.4, -0.2) is 29.6 Å². The van der Waals surface area contributed by atoms with Gasteiger partial charge in [0.25, 0.3) is 5.91 Å². The number of amides is 2. The van der Waals surface area contributed by atoms with E-state index in [0.717, 1.165) is 11.0 Å². The molecule has 2 amide bonds. The van der Waals surface area contributed by atoms with Crippen LogP contribution in [0.2, 0.25) is 0 Å². The van der Waals surface area contributed by atoms with E-state index in [2.05, 4.69) is 10.6 Å². The first-order valence-corrected chi connectivity index (χ1v) is 8.67. The molecule has 2 aromatic carbocycles. The van der Waals surface area contributed by atoms with Gasteiger partial charge in [-0.15, -0.1) is 11.8 Å². The summed E-state index contributed by atoms with van der Waals surface area (Å²) in [5, 5.41) is 4.54. The van der Waals surface area contributed by atoms with Crippen LogP contribution in [0.15, 0.2) is 53.4 Å². The molecule has 0 unspecified atom stereocenters. The van der Waals surface area contributed by atoms with Crippen LogP contribution in [0.1, 0.15) is 6.42 Å². The Kier molecular flexibility index (Phi) is 5.52. The third kappa shape index (κ3) is 4.60. The largest absolute Gasteiger partial charge is 0.456 e. The molecule has 1 aliphatic rings. The fourth-order valence-electron chi connectivity index (χ4n) is 2.35. The number of benzene rings is 2. The van der Waals surface area contributed by atoms with Crippen molar-refractivity contribution in [2.75, 3.05) is 17.2 Å². The van der Waals surface area contributed by atoms with Gasteiger partial charge in [0, 0.05) is 10.6 Å². The minimum absolute atomic E-state index is 0.155. The zero-order valence-electron chi connectivity index (χ0n) is 13.5. The number of hydrogen-bond donors (Lipinski definition) is 2. The van der Waals surface area contributed by atoms with E-state index in [9.17, 15) is 18.8 Å². The monoisotopic (exact) mass is 374 g/mol. The predicted octanol–water partition coefficient (Wildman–Crippen LogP) is 2.81. The lowest BCUT2D eigenvalue weighted by molar-refractivity contribution is -0.147. The number of esters is 1. The Bertz CT molecular complexity index is 859. The van der Waals surface area contributed by atoms with Gasteiger partial charge >= 0.3 is 5.97 Å². The Morgan fingerprint density at radius 3 is 2.81 bits per heavy atom. The first-order chi connectivity index (χ1) is 12.5. The van der Waals surface area contributed by atoms with Crippen LogP contribution < -0.4 is 10.6 Å². The normalized spacial score (nSPS) is 15.6. The summed E-state index contributed by atoms with van der Waals surface area (Å²) in [5.74, 6) is -2.02. The van der Waals surface area contributed by atoms with E-state index in [1.807, 2.05) is 18.2 Å². The third-order valence-electron chi connectivity index (χ3n) is 3.53. The van der Waals surface area contributed by atoms with Crippen molar-refractivity contribution in [3.8, 4) is 0 Å². The van der Waals surface area contributed by atoms with Crippen LogP contribution in [-0.2, 0) is 19.1 Å². The molecule has 0 spiro atoms. The number of fused-ring (bicyclic) bond motifs is 1. The summed E-state index contributed by atoms with van der Waals surface area (Å²) in [4.78, 5) is 36.6. The van der Waals surface area contributed by atoms with Crippen LogP contribution in [0.4, 0.5) is 15.8 Å². The van der Waals surface area contributed by atoms with Crippen molar-refractivity contribution >= 4 is 40.9 Å². The first-order valence-electron chi connectivity index (χ1n) is 7.79. The van der Waals surface area contributed by atoms with Gasteiger partial charge in [0.15, 0.2) is 6.61 Å². The Hall–Kier alpha value is -2.87. The lowest BCUT2D eigenvalue weighted by Crippen LogP contribution is -2.32. The molecule has 6 nitrogen and oxygen atoms in total. The van der Waals surface area contributed by atoms with E-state index >= 15 is 0 Å². The number of para-hydroxylation sites is 1. The number of anilines is 2. The zero-order valence-corrected chi connectivity index (χ0v) is 14.3. The van der Waals surface area contributed by atoms with Gasteiger partial charge in [-0.25, -0.2) is 4.39 Å². The number of nitrogens with one attached hydrogen (secondary N) is 2. The van der Waals surface area contributed by atoms with Gasteiger partial charge in [0.1, 0.15) is 5.82 Å². The molecule has 1 aliphatic heterocycles. The maximum absolute atomic E-state index is 13.1. The van der Waals surface area contributed by atoms with Crippen molar-refractivity contribution in [2.24, 2.45) is 0 Å². The number of carbonyl (C=O) groups is 3. The van der Waals surface area contributed by atoms with E-state index in [1.54, 1.807) is 6.07 Å². The lowest BCUT2D eigenvalue weighted by atomic mass is 10.2. The molecule has 0 aromatic heterocycles. The fraction of sp³-hybridized carbons (Fsp3) is 0.167. The lowest BCUT2D eigenvalue weighted by Gasteiger charge is -2.23. The summed E-state index contributed by atoms with van der Waals surface area (Å²) in [7, 11) is 0. The van der Waals surface area contributed by atoms with Crippen LogP contribution in [0.5, 0.6) is 0 Å². The number of carbonyl (C=O) groups excluding carboxylic acids is 3. The highest BCUT2D eigenvalue weighted by molar-refractivity contribution is 8.01. The summed E-state index contributed by atoms with van der Waals surface area (Å²) in [5.41, 5.74) is 0.978. The van der Waals surface area contributed by atoms with Crippen LogP contribution >= 0.6 is 11.8 Å². The Balaban J connectivity index is 1.48. The molecule has 2 aromatic rings. The minimum atomic E-state index is -0.661. The summed E-state index contributed by atoms with van der Waals surface area (Å²) in [6, 6.07) is 12.7. The van der Waals surface area contributed by atoms with Gasteiger partial charge in [-0.3, -0.25) is 14.4 Å². The van der Waals surface area contributed by atoms with Gasteiger partial charge < -0.3 is 15.4 Å². The van der Waals surface area contributed by atoms with Crippen molar-refractivity contribution in [1.29, 1.82) is 0 Å². The number of halogens is 1. The van der Waals surface area contributed by atoms with Crippen molar-refractivity contribution in [3.63, 3.8) is 0 Å². The average molecular weight is 374 g/mol. The highest BCUT2D eigenvalue weighted by atomic mass is 32.2. The standard InChI is InChI=1S/C18H15FN2O4S/c19-11-4-3-5-12(8-11)20-16(22)10-25-17(23)9-15-18(24)21-13-6-1-2-7-14(13)26-15/h1-8,15H,9-10H2,(H,20,22)(H,21,24)/t15-/m0/s1. The second-order valence-corrected chi connectivity index (χ2v) is 6.76. The number of hydrogen-bond acceptors (Lipinski definition) is 5. The van der Waals surface area contributed by atoms with Crippen LogP contribution in [0, 0.1) is 5.82 Å². The molecular formula is C18H15FN2O4S. The highest BCUT2D eigenvalue weighted by Crippen LogP contribution is 2.36. The smallest absolute Gasteiger partial charge is 0.307 e. The number of ether oxygens (including phenoxy) is 1. The second kappa shape index (κ2) is 8.01. The van der Waals surface area contributed by atoms with Crippen molar-refractivity contribution in [3.05, 3.63) is 54.3 Å². The molecule has 0 saturated carbocycles. The molecule has 1 atom stereocenters. The Morgan fingerprint density at radius 1 is 1.19 bits per heavy atom. The third-order valence-corrected chi connectivity index (χ3v) is 4.81. The predicted molar refractivity (Wildman–Crippen MR) is 95.3 cm³/mol. The van der Waals surface area contributed by atoms with Gasteiger partial charge in [-0.05, 0) is 30.3 Å². The van der Waals surface area contributed by atoms with Gasteiger partial charge in [0.2, 0.25) is 5.91 Å². The molecule has 0 saturated heterocycles. The van der Waals surface area contributed by atoms with Crippen LogP contribution in [0.25, 0.3) is 0 Å².